The van der Waals surface area contributed by atoms with E-state index in [4.69, 9.17) is 0 Å². The fourth-order valence-electron chi connectivity index (χ4n) is 2.51. The van der Waals surface area contributed by atoms with Crippen LogP contribution in [0.15, 0.2) is 21.0 Å². The van der Waals surface area contributed by atoms with Crippen molar-refractivity contribution in [1.29, 1.82) is 0 Å². The molecule has 110 valence electrons. The summed E-state index contributed by atoms with van der Waals surface area (Å²) >= 11 is -2.79. The number of hydrogen-bond acceptors (Lipinski definition) is 3. The molecule has 0 amide bonds. The first-order chi connectivity index (χ1) is 9.20. The van der Waals surface area contributed by atoms with E-state index in [1.807, 2.05) is 0 Å². The summed E-state index contributed by atoms with van der Waals surface area (Å²) in [6.07, 6.45) is 9.31. The van der Waals surface area contributed by atoms with Crippen molar-refractivity contribution in [2.75, 3.05) is 19.6 Å². The Morgan fingerprint density at radius 3 is 1.74 bits per heavy atom. The first kappa shape index (κ1) is 17.3. The fourth-order valence-corrected chi connectivity index (χ4v) is 12.3. The van der Waals surface area contributed by atoms with Gasteiger partial charge in [0, 0.05) is 0 Å². The Balaban J connectivity index is 2.91. The van der Waals surface area contributed by atoms with Crippen molar-refractivity contribution < 1.29 is 21.1 Å². The first-order valence-corrected chi connectivity index (χ1v) is 12.7. The van der Waals surface area contributed by atoms with Crippen LogP contribution in [0.4, 0.5) is 0 Å². The number of hydrogen-bond donors (Lipinski definition) is 3. The Hall–Kier alpha value is 0.243. The molecule has 0 heterocycles. The zero-order valence-electron chi connectivity index (χ0n) is 13.1. The molecule has 0 unspecified atom stereocenters. The molecule has 0 aromatic heterocycles. The van der Waals surface area contributed by atoms with Gasteiger partial charge in [0.25, 0.3) is 0 Å². The van der Waals surface area contributed by atoms with Gasteiger partial charge in [-0.3, -0.25) is 0 Å². The first-order valence-electron chi connectivity index (χ1n) is 7.82. The van der Waals surface area contributed by atoms with Crippen LogP contribution in [0.25, 0.3) is 0 Å². The molecular weight excluding hydrogens is 313 g/mol. The van der Waals surface area contributed by atoms with Crippen LogP contribution in [-0.4, -0.2) is 19.6 Å². The molecule has 0 aromatic carbocycles. The molecule has 0 radical (unpaired) electrons. The minimum atomic E-state index is -2.79. The topological polar surface area (TPSA) is 36.1 Å². The van der Waals surface area contributed by atoms with Crippen molar-refractivity contribution in [3.8, 4) is 0 Å². The second kappa shape index (κ2) is 9.23. The molecule has 4 heteroatoms. The second-order valence-electron chi connectivity index (χ2n) is 5.30. The summed E-state index contributed by atoms with van der Waals surface area (Å²) in [6, 6.07) is 0. The number of nitrogens with one attached hydrogen (secondary N) is 3. The van der Waals surface area contributed by atoms with Gasteiger partial charge in [0.2, 0.25) is 0 Å². The van der Waals surface area contributed by atoms with E-state index < -0.39 is 21.1 Å². The Morgan fingerprint density at radius 2 is 1.42 bits per heavy atom. The van der Waals surface area contributed by atoms with Crippen LogP contribution in [0.2, 0.25) is 0 Å². The third kappa shape index (κ3) is 4.93. The standard InChI is InChI=1S/C6H7.3C3H8N.Zr/c1-6-4-2-3-5-6;3*1-2-3-4;/h2,4H,3H2,1H3;3*4H,2-3H2,1H3;/q;3*-1;+3. The monoisotopic (exact) mass is 343 g/mol. The van der Waals surface area contributed by atoms with Crippen molar-refractivity contribution in [2.24, 2.45) is 0 Å². The van der Waals surface area contributed by atoms with Gasteiger partial charge in [-0.1, -0.05) is 0 Å². The molecule has 3 nitrogen and oxygen atoms in total. The molecule has 1 rings (SSSR count). The van der Waals surface area contributed by atoms with Gasteiger partial charge in [0.1, 0.15) is 0 Å². The van der Waals surface area contributed by atoms with Gasteiger partial charge in [0.15, 0.2) is 0 Å². The quantitative estimate of drug-likeness (QED) is 0.570. The number of allylic oxidation sites excluding steroid dienone is 4. The average Bonchev–Trinajstić information content (AvgIpc) is 2.85. The van der Waals surface area contributed by atoms with Crippen LogP contribution in [0.1, 0.15) is 53.4 Å². The SMILES string of the molecule is CCC[NH][Zr]([NH]CCC)([NH]CCC)[C]1=C(C)C=CC1. The maximum atomic E-state index is 3.91. The van der Waals surface area contributed by atoms with E-state index in [0.717, 1.165) is 26.1 Å². The molecule has 0 saturated heterocycles. The van der Waals surface area contributed by atoms with Gasteiger partial charge in [-0.15, -0.1) is 0 Å². The summed E-state index contributed by atoms with van der Waals surface area (Å²) in [6.45, 7) is 12.3. The summed E-state index contributed by atoms with van der Waals surface area (Å²) in [5, 5.41) is 0. The van der Waals surface area contributed by atoms with Crippen molar-refractivity contribution >= 4 is 0 Å². The van der Waals surface area contributed by atoms with E-state index in [1.54, 1.807) is 3.28 Å². The zero-order valence-corrected chi connectivity index (χ0v) is 15.6. The molecular formula is C15H31N3Zr. The fraction of sp³-hybridized carbons (Fsp3) is 0.733. The van der Waals surface area contributed by atoms with Crippen LogP contribution in [0, 0.1) is 0 Å². The van der Waals surface area contributed by atoms with E-state index >= 15 is 0 Å². The molecule has 0 aliphatic heterocycles. The van der Waals surface area contributed by atoms with Crippen LogP contribution in [0.5, 0.6) is 0 Å². The third-order valence-electron chi connectivity index (χ3n) is 3.54. The van der Waals surface area contributed by atoms with Crippen LogP contribution in [0.3, 0.4) is 0 Å². The molecule has 0 saturated carbocycles. The van der Waals surface area contributed by atoms with Gasteiger partial charge >= 0.3 is 125 Å². The molecule has 1 aliphatic carbocycles. The van der Waals surface area contributed by atoms with Crippen LogP contribution < -0.4 is 9.78 Å². The minimum absolute atomic E-state index is 1.11. The van der Waals surface area contributed by atoms with Crippen molar-refractivity contribution in [1.82, 2.24) is 9.78 Å². The van der Waals surface area contributed by atoms with Crippen molar-refractivity contribution in [2.45, 2.75) is 53.4 Å². The molecule has 0 spiro atoms. The summed E-state index contributed by atoms with van der Waals surface area (Å²) in [5.74, 6) is 0. The van der Waals surface area contributed by atoms with E-state index in [-0.39, 0.29) is 0 Å². The van der Waals surface area contributed by atoms with Gasteiger partial charge in [-0.05, 0) is 0 Å². The van der Waals surface area contributed by atoms with E-state index in [0.29, 0.717) is 0 Å². The van der Waals surface area contributed by atoms with Gasteiger partial charge < -0.3 is 0 Å². The predicted octanol–water partition coefficient (Wildman–Crippen LogP) is 3.12. The molecule has 0 fully saturated rings. The summed E-state index contributed by atoms with van der Waals surface area (Å²) in [5.41, 5.74) is 1.48. The molecule has 1 aliphatic rings. The zero-order chi connectivity index (χ0) is 14.1. The average molecular weight is 345 g/mol. The van der Waals surface area contributed by atoms with Crippen LogP contribution >= 0.6 is 0 Å². The summed E-state index contributed by atoms with van der Waals surface area (Å²) in [4.78, 5) is 0. The maximum absolute atomic E-state index is 3.91. The predicted molar refractivity (Wildman–Crippen MR) is 81.3 cm³/mol. The van der Waals surface area contributed by atoms with Gasteiger partial charge in [-0.25, -0.2) is 0 Å². The Bertz CT molecular complexity index is 302. The molecule has 0 aromatic rings. The van der Waals surface area contributed by atoms with Gasteiger partial charge in [-0.2, -0.15) is 0 Å². The summed E-state index contributed by atoms with van der Waals surface area (Å²) in [7, 11) is 0. The van der Waals surface area contributed by atoms with E-state index in [1.165, 1.54) is 24.8 Å². The Labute approximate surface area is 124 Å². The van der Waals surface area contributed by atoms with E-state index in [2.05, 4.69) is 49.6 Å². The Kier molecular flexibility index (Phi) is 8.40. The summed E-state index contributed by atoms with van der Waals surface area (Å²) < 4.78 is 13.4. The van der Waals surface area contributed by atoms with Crippen molar-refractivity contribution in [3.63, 3.8) is 0 Å². The van der Waals surface area contributed by atoms with Crippen molar-refractivity contribution in [3.05, 3.63) is 21.0 Å². The number of rotatable bonds is 10. The Morgan fingerprint density at radius 1 is 0.947 bits per heavy atom. The van der Waals surface area contributed by atoms with Crippen LogP contribution in [-0.2, 0) is 21.1 Å². The van der Waals surface area contributed by atoms with E-state index in [9.17, 15) is 0 Å². The second-order valence-corrected chi connectivity index (χ2v) is 13.1. The molecule has 0 bridgehead atoms. The molecule has 3 N–H and O–H groups in total. The normalized spacial score (nSPS) is 15.6. The molecule has 0 atom stereocenters. The van der Waals surface area contributed by atoms with Gasteiger partial charge in [0.05, 0.1) is 0 Å². The third-order valence-corrected chi connectivity index (χ3v) is 13.0. The molecule has 19 heavy (non-hydrogen) atoms.